The fourth-order valence-electron chi connectivity index (χ4n) is 0.579. The predicted octanol–water partition coefficient (Wildman–Crippen LogP) is 0.472. The second kappa shape index (κ2) is 10.1. The number of Topliss-reactive ketones (excluding diaryl/α,β-unsaturated/α-hetero) is 2. The summed E-state index contributed by atoms with van der Waals surface area (Å²) >= 11 is 0. The summed E-state index contributed by atoms with van der Waals surface area (Å²) in [6.07, 6.45) is 5.00. The van der Waals surface area contributed by atoms with Gasteiger partial charge in [-0.15, -0.1) is 18.9 Å². The first-order chi connectivity index (χ1) is 7.36. The third-order valence-electron chi connectivity index (χ3n) is 1.64. The first-order valence-electron chi connectivity index (χ1n) is 4.78. The highest BCUT2D eigenvalue weighted by atomic mass is 16.3. The topological polar surface area (TPSA) is 74.6 Å². The fourth-order valence-corrected chi connectivity index (χ4v) is 0.579. The lowest BCUT2D eigenvalue weighted by molar-refractivity contribution is -0.125. The van der Waals surface area contributed by atoms with Gasteiger partial charge in [-0.3, -0.25) is 9.59 Å². The van der Waals surface area contributed by atoms with Gasteiger partial charge in [0.1, 0.15) is 12.2 Å². The fraction of sp³-hybridized carbons (Fsp3) is 0.500. The highest BCUT2D eigenvalue weighted by Crippen LogP contribution is 1.91. The molecule has 0 aliphatic carbocycles. The molecule has 0 aromatic heterocycles. The van der Waals surface area contributed by atoms with Crippen molar-refractivity contribution in [2.24, 2.45) is 0 Å². The Morgan fingerprint density at radius 3 is 1.88 bits per heavy atom. The molecule has 0 aromatic rings. The van der Waals surface area contributed by atoms with Gasteiger partial charge in [-0.05, 0) is 20.3 Å². The second-order valence-corrected chi connectivity index (χ2v) is 3.19. The molecule has 0 radical (unpaired) electrons. The molecule has 0 saturated heterocycles. The van der Waals surface area contributed by atoms with Gasteiger partial charge in [0.25, 0.3) is 0 Å². The van der Waals surface area contributed by atoms with Gasteiger partial charge in [0.15, 0.2) is 11.6 Å². The van der Waals surface area contributed by atoms with E-state index in [2.05, 4.69) is 12.5 Å². The zero-order valence-electron chi connectivity index (χ0n) is 9.64. The van der Waals surface area contributed by atoms with Crippen LogP contribution in [0.15, 0.2) is 12.7 Å². The summed E-state index contributed by atoms with van der Waals surface area (Å²) in [4.78, 5) is 20.4. The summed E-state index contributed by atoms with van der Waals surface area (Å²) in [5, 5.41) is 17.3. The molecular formula is C12H18O4. The lowest BCUT2D eigenvalue weighted by Crippen LogP contribution is -2.15. The van der Waals surface area contributed by atoms with E-state index in [4.69, 9.17) is 16.6 Å². The first-order valence-corrected chi connectivity index (χ1v) is 4.78. The van der Waals surface area contributed by atoms with Crippen LogP contribution >= 0.6 is 0 Å². The average Bonchev–Trinajstić information content (AvgIpc) is 2.19. The van der Waals surface area contributed by atoms with Crippen LogP contribution in [0.1, 0.15) is 26.7 Å². The zero-order valence-corrected chi connectivity index (χ0v) is 9.64. The lowest BCUT2D eigenvalue weighted by atomic mass is 10.2. The van der Waals surface area contributed by atoms with Crippen LogP contribution in [0.5, 0.6) is 0 Å². The molecule has 0 saturated carbocycles. The smallest absolute Gasteiger partial charge is 0.159 e. The van der Waals surface area contributed by atoms with E-state index in [1.54, 1.807) is 0 Å². The summed E-state index contributed by atoms with van der Waals surface area (Å²) < 4.78 is 0. The first kappa shape index (κ1) is 17.0. The van der Waals surface area contributed by atoms with Crippen LogP contribution in [0.4, 0.5) is 0 Å². The monoisotopic (exact) mass is 226 g/mol. The Labute approximate surface area is 96.0 Å². The van der Waals surface area contributed by atoms with Crippen molar-refractivity contribution in [3.63, 3.8) is 0 Å². The minimum Gasteiger partial charge on any atom is -0.385 e. The van der Waals surface area contributed by atoms with Crippen molar-refractivity contribution in [1.82, 2.24) is 0 Å². The Morgan fingerprint density at radius 2 is 1.75 bits per heavy atom. The van der Waals surface area contributed by atoms with E-state index in [1.807, 2.05) is 0 Å². The second-order valence-electron chi connectivity index (χ2n) is 3.19. The number of rotatable bonds is 5. The summed E-state index contributed by atoms with van der Waals surface area (Å²) in [6.45, 7) is 6.03. The normalized spacial score (nSPS) is 12.4. The van der Waals surface area contributed by atoms with Crippen molar-refractivity contribution in [2.45, 2.75) is 38.9 Å². The molecule has 0 heterocycles. The van der Waals surface area contributed by atoms with E-state index in [9.17, 15) is 9.59 Å². The molecule has 2 unspecified atom stereocenters. The van der Waals surface area contributed by atoms with Crippen molar-refractivity contribution >= 4 is 11.6 Å². The molecule has 0 fully saturated rings. The number of ketones is 2. The molecule has 2 atom stereocenters. The van der Waals surface area contributed by atoms with Gasteiger partial charge in [0, 0.05) is 6.42 Å². The summed E-state index contributed by atoms with van der Waals surface area (Å²) in [7, 11) is 0. The molecule has 2 N–H and O–H groups in total. The van der Waals surface area contributed by atoms with Gasteiger partial charge < -0.3 is 10.2 Å². The minimum absolute atomic E-state index is 0.120. The van der Waals surface area contributed by atoms with Crippen LogP contribution in [-0.2, 0) is 9.59 Å². The maximum atomic E-state index is 10.2. The Hall–Kier alpha value is -1.44. The molecule has 90 valence electrons. The molecule has 0 aliphatic heterocycles. The number of aliphatic hydroxyl groups is 2. The maximum Gasteiger partial charge on any atom is 0.159 e. The van der Waals surface area contributed by atoms with E-state index in [1.165, 1.54) is 19.9 Å². The van der Waals surface area contributed by atoms with Gasteiger partial charge in [-0.2, -0.15) is 0 Å². The Bertz CT molecular complexity index is 275. The van der Waals surface area contributed by atoms with Gasteiger partial charge in [-0.25, -0.2) is 0 Å². The quantitative estimate of drug-likeness (QED) is 0.528. The third kappa shape index (κ3) is 10.6. The Kier molecular flexibility index (Phi) is 10.7. The highest BCUT2D eigenvalue weighted by Gasteiger charge is 2.05. The van der Waals surface area contributed by atoms with Gasteiger partial charge in [0.2, 0.25) is 0 Å². The summed E-state index contributed by atoms with van der Waals surface area (Å²) in [5.41, 5.74) is 0. The van der Waals surface area contributed by atoms with Crippen LogP contribution in [-0.4, -0.2) is 34.0 Å². The van der Waals surface area contributed by atoms with Crippen molar-refractivity contribution in [1.29, 1.82) is 0 Å². The van der Waals surface area contributed by atoms with E-state index >= 15 is 0 Å². The molecule has 4 nitrogen and oxygen atoms in total. The molecule has 0 bridgehead atoms. The average molecular weight is 226 g/mol. The van der Waals surface area contributed by atoms with E-state index in [-0.39, 0.29) is 18.0 Å². The van der Waals surface area contributed by atoms with Crippen molar-refractivity contribution in [3.8, 4) is 12.3 Å². The molecule has 0 rings (SSSR count). The third-order valence-corrected chi connectivity index (χ3v) is 1.64. The lowest BCUT2D eigenvalue weighted by Gasteiger charge is -1.98. The zero-order chi connectivity index (χ0) is 13.1. The van der Waals surface area contributed by atoms with Gasteiger partial charge in [-0.1, -0.05) is 6.08 Å². The minimum atomic E-state index is -0.958. The van der Waals surface area contributed by atoms with Crippen LogP contribution in [0.2, 0.25) is 0 Å². The maximum absolute atomic E-state index is 10.2. The Balaban J connectivity index is 0. The number of hydrogen-bond acceptors (Lipinski definition) is 4. The van der Waals surface area contributed by atoms with Gasteiger partial charge >= 0.3 is 0 Å². The highest BCUT2D eigenvalue weighted by molar-refractivity contribution is 5.80. The van der Waals surface area contributed by atoms with Crippen LogP contribution in [0.3, 0.4) is 0 Å². The number of carbonyl (C=O) groups is 2. The standard InChI is InChI=1S/C6H10O2.C6H8O2/c2*1-3-4-6(8)5(2)7/h3,6,8H,1,4H2,2H3;1,6,8H,4H2,2H3. The molecule has 0 aromatic carbocycles. The molecule has 16 heavy (non-hydrogen) atoms. The number of hydrogen-bond donors (Lipinski definition) is 2. The molecule has 4 heteroatoms. The molecule has 0 amide bonds. The van der Waals surface area contributed by atoms with E-state index in [0.717, 1.165) is 0 Å². The largest absolute Gasteiger partial charge is 0.385 e. The van der Waals surface area contributed by atoms with Crippen LogP contribution < -0.4 is 0 Å². The summed E-state index contributed by atoms with van der Waals surface area (Å²) in [5.74, 6) is 1.70. The molecular weight excluding hydrogens is 208 g/mol. The predicted molar refractivity (Wildman–Crippen MR) is 61.6 cm³/mol. The van der Waals surface area contributed by atoms with Crippen LogP contribution in [0, 0.1) is 12.3 Å². The number of aliphatic hydroxyl groups excluding tert-OH is 2. The van der Waals surface area contributed by atoms with Crippen molar-refractivity contribution in [2.75, 3.05) is 0 Å². The van der Waals surface area contributed by atoms with Crippen molar-refractivity contribution in [3.05, 3.63) is 12.7 Å². The van der Waals surface area contributed by atoms with Crippen LogP contribution in [0.25, 0.3) is 0 Å². The van der Waals surface area contributed by atoms with E-state index in [0.29, 0.717) is 6.42 Å². The molecule has 0 aliphatic rings. The SMILES string of the molecule is C#CCC(O)C(C)=O.C=CCC(O)C(C)=O. The summed E-state index contributed by atoms with van der Waals surface area (Å²) in [6, 6.07) is 0. The van der Waals surface area contributed by atoms with Gasteiger partial charge in [0.05, 0.1) is 0 Å². The van der Waals surface area contributed by atoms with Crippen molar-refractivity contribution < 1.29 is 19.8 Å². The Morgan fingerprint density at radius 1 is 1.31 bits per heavy atom. The molecule has 0 spiro atoms. The number of terminal acetylenes is 1. The van der Waals surface area contributed by atoms with E-state index < -0.39 is 12.2 Å². The number of carbonyl (C=O) groups excluding carboxylic acids is 2.